The van der Waals surface area contributed by atoms with Gasteiger partial charge in [0.05, 0.1) is 21.6 Å². The lowest BCUT2D eigenvalue weighted by molar-refractivity contribution is -0.121. The fourth-order valence-corrected chi connectivity index (χ4v) is 2.15. The van der Waals surface area contributed by atoms with Gasteiger partial charge < -0.3 is 15.5 Å². The quantitative estimate of drug-likeness (QED) is 0.638. The molecule has 0 radical (unpaired) electrons. The number of carbonyl (C=O) groups excluding carboxylic acids is 1. The molecule has 0 unspecified atom stereocenters. The van der Waals surface area contributed by atoms with E-state index in [2.05, 4.69) is 0 Å². The summed E-state index contributed by atoms with van der Waals surface area (Å²) in [4.78, 5) is 9.84. The number of nitrogens with one attached hydrogen (secondary N) is 1. The van der Waals surface area contributed by atoms with Crippen molar-refractivity contribution in [2.75, 3.05) is 12.8 Å². The number of hydrogen-bond donors (Lipinski definition) is 3. The summed E-state index contributed by atoms with van der Waals surface area (Å²) >= 11 is 10.6. The topological polar surface area (TPSA) is 104 Å². The Morgan fingerprint density at radius 3 is 2.33 bits per heavy atom. The standard InChI is InChI=1S/C12H15Cl2NO5S/c1-21(19,20)8-4-2-7(3-5-8)10(17)9(6-16)15-12(18)11(13)14/h2-5,9-11,16-17H,6H2,1H3,(H,15,18)/t9-,10-/m1/s1/i6D2,9D. The van der Waals surface area contributed by atoms with E-state index in [1.54, 1.807) is 5.32 Å². The molecule has 3 N–H and O–H groups in total. The van der Waals surface area contributed by atoms with Crippen molar-refractivity contribution >= 4 is 38.9 Å². The van der Waals surface area contributed by atoms with Crippen LogP contribution in [-0.4, -0.2) is 48.2 Å². The van der Waals surface area contributed by atoms with Gasteiger partial charge in [-0.15, -0.1) is 0 Å². The number of sulfone groups is 1. The predicted octanol–water partition coefficient (Wildman–Crippen LogP) is 0.404. The molecule has 9 heteroatoms. The van der Waals surface area contributed by atoms with Crippen LogP contribution >= 0.6 is 23.2 Å². The number of carbonyl (C=O) groups is 1. The van der Waals surface area contributed by atoms with Crippen molar-refractivity contribution < 1.29 is 27.5 Å². The van der Waals surface area contributed by atoms with E-state index in [4.69, 9.17) is 27.3 Å². The molecule has 0 aromatic heterocycles. The average molecular weight is 359 g/mol. The smallest absolute Gasteiger partial charge is 0.253 e. The molecule has 0 bridgehead atoms. The maximum Gasteiger partial charge on any atom is 0.253 e. The lowest BCUT2D eigenvalue weighted by Crippen LogP contribution is -2.44. The van der Waals surface area contributed by atoms with Crippen molar-refractivity contribution in [1.82, 2.24) is 5.32 Å². The van der Waals surface area contributed by atoms with Crippen LogP contribution in [0.4, 0.5) is 0 Å². The van der Waals surface area contributed by atoms with Crippen molar-refractivity contribution in [3.63, 3.8) is 0 Å². The molecule has 0 aliphatic heterocycles. The summed E-state index contributed by atoms with van der Waals surface area (Å²) in [5.74, 6) is -1.20. The number of aliphatic hydroxyl groups is 2. The fraction of sp³-hybridized carbons (Fsp3) is 0.417. The van der Waals surface area contributed by atoms with E-state index < -0.39 is 39.3 Å². The van der Waals surface area contributed by atoms with Crippen LogP contribution in [0.15, 0.2) is 29.2 Å². The van der Waals surface area contributed by atoms with E-state index >= 15 is 0 Å². The first-order chi connectivity index (χ1) is 10.7. The van der Waals surface area contributed by atoms with E-state index in [1.165, 1.54) is 0 Å². The van der Waals surface area contributed by atoms with Crippen LogP contribution in [0.5, 0.6) is 0 Å². The zero-order chi connectivity index (χ0) is 18.9. The van der Waals surface area contributed by atoms with Crippen LogP contribution in [0, 0.1) is 0 Å². The Kier molecular flexibility index (Phi) is 4.87. The Morgan fingerprint density at radius 1 is 1.43 bits per heavy atom. The van der Waals surface area contributed by atoms with Crippen LogP contribution in [0.25, 0.3) is 0 Å². The van der Waals surface area contributed by atoms with E-state index in [-0.39, 0.29) is 10.5 Å². The Bertz CT molecular complexity index is 708. The van der Waals surface area contributed by atoms with Crippen LogP contribution < -0.4 is 5.32 Å². The molecule has 0 heterocycles. The Labute approximate surface area is 136 Å². The summed E-state index contributed by atoms with van der Waals surface area (Å²) in [5, 5.41) is 21.6. The fourth-order valence-electron chi connectivity index (χ4n) is 1.41. The van der Waals surface area contributed by atoms with E-state index in [0.29, 0.717) is 0 Å². The second-order valence-corrected chi connectivity index (χ2v) is 7.17. The van der Waals surface area contributed by atoms with Crippen molar-refractivity contribution in [1.29, 1.82) is 0 Å². The molecule has 0 aliphatic carbocycles. The van der Waals surface area contributed by atoms with Gasteiger partial charge in [0.25, 0.3) is 5.91 Å². The van der Waals surface area contributed by atoms with Gasteiger partial charge in [0.2, 0.25) is 0 Å². The molecule has 0 spiro atoms. The zero-order valence-corrected chi connectivity index (χ0v) is 13.1. The third-order valence-corrected chi connectivity index (χ3v) is 4.00. The molecule has 0 aliphatic rings. The molecule has 2 atom stereocenters. The highest BCUT2D eigenvalue weighted by Gasteiger charge is 2.24. The minimum absolute atomic E-state index is 0.0633. The Morgan fingerprint density at radius 2 is 1.95 bits per heavy atom. The highest BCUT2D eigenvalue weighted by atomic mass is 35.5. The number of aliphatic hydroxyl groups excluding tert-OH is 1. The minimum Gasteiger partial charge on any atom is -0.394 e. The number of hydrogen-bond acceptors (Lipinski definition) is 5. The maximum absolute atomic E-state index is 11.6. The second-order valence-electron chi connectivity index (χ2n) is 4.06. The Balaban J connectivity index is 3.26. The summed E-state index contributed by atoms with van der Waals surface area (Å²) in [5.41, 5.74) is -0.115. The third kappa shape index (κ3) is 5.12. The van der Waals surface area contributed by atoms with Gasteiger partial charge in [0.1, 0.15) is 6.10 Å². The van der Waals surface area contributed by atoms with Gasteiger partial charge in [-0.3, -0.25) is 4.79 Å². The van der Waals surface area contributed by atoms with Crippen molar-refractivity contribution in [3.8, 4) is 0 Å². The number of amides is 1. The largest absolute Gasteiger partial charge is 0.394 e. The molecular weight excluding hydrogens is 341 g/mol. The zero-order valence-electron chi connectivity index (χ0n) is 13.7. The highest BCUT2D eigenvalue weighted by molar-refractivity contribution is 7.90. The summed E-state index contributed by atoms with van der Waals surface area (Å²) in [7, 11) is -3.50. The molecule has 6 nitrogen and oxygen atoms in total. The lowest BCUT2D eigenvalue weighted by Gasteiger charge is -2.23. The minimum atomic E-state index is -3.50. The predicted molar refractivity (Wildman–Crippen MR) is 79.0 cm³/mol. The number of halogens is 2. The number of alkyl halides is 2. The first-order valence-electron chi connectivity index (χ1n) is 7.01. The van der Waals surface area contributed by atoms with Crippen LogP contribution in [0.1, 0.15) is 15.8 Å². The van der Waals surface area contributed by atoms with Gasteiger partial charge in [-0.1, -0.05) is 35.3 Å². The lowest BCUT2D eigenvalue weighted by atomic mass is 10.0. The van der Waals surface area contributed by atoms with Crippen LogP contribution in [-0.2, 0) is 14.6 Å². The molecule has 21 heavy (non-hydrogen) atoms. The SMILES string of the molecule is [2H]C([2H])(O)[C@@]([2H])(NC(=O)C(Cl)Cl)[C@H](O)c1ccc(S(C)(=O)=O)cc1. The molecule has 1 aromatic rings. The summed E-state index contributed by atoms with van der Waals surface area (Å²) < 4.78 is 45.4. The van der Waals surface area contributed by atoms with Gasteiger partial charge in [-0.05, 0) is 17.7 Å². The van der Waals surface area contributed by atoms with Gasteiger partial charge in [0.15, 0.2) is 14.7 Å². The molecule has 118 valence electrons. The normalized spacial score (nSPS) is 19.0. The van der Waals surface area contributed by atoms with Gasteiger partial charge in [-0.25, -0.2) is 8.42 Å². The summed E-state index contributed by atoms with van der Waals surface area (Å²) in [6.45, 7) is -3.37. The number of benzene rings is 1. The first kappa shape index (κ1) is 13.8. The van der Waals surface area contributed by atoms with Crippen LogP contribution in [0.3, 0.4) is 0 Å². The number of rotatable bonds is 6. The summed E-state index contributed by atoms with van der Waals surface area (Å²) in [6.07, 6.45) is -1.08. The second kappa shape index (κ2) is 7.42. The van der Waals surface area contributed by atoms with Crippen molar-refractivity contribution in [2.24, 2.45) is 0 Å². The van der Waals surface area contributed by atoms with Crippen molar-refractivity contribution in [3.05, 3.63) is 29.8 Å². The molecule has 1 aromatic carbocycles. The van der Waals surface area contributed by atoms with Gasteiger partial charge in [0, 0.05) is 6.26 Å². The molecule has 0 fully saturated rings. The molecular formula is C12H15Cl2NO5S. The van der Waals surface area contributed by atoms with E-state index in [1.807, 2.05) is 0 Å². The molecule has 0 saturated heterocycles. The third-order valence-electron chi connectivity index (χ3n) is 2.47. The molecule has 1 rings (SSSR count). The van der Waals surface area contributed by atoms with Crippen molar-refractivity contribution in [2.45, 2.75) is 21.9 Å². The first-order valence-corrected chi connectivity index (χ1v) is 8.27. The highest BCUT2D eigenvalue weighted by Crippen LogP contribution is 2.20. The monoisotopic (exact) mass is 358 g/mol. The average Bonchev–Trinajstić information content (AvgIpc) is 2.44. The summed E-state index contributed by atoms with van der Waals surface area (Å²) in [6, 6.07) is 1.57. The van der Waals surface area contributed by atoms with Gasteiger partial charge >= 0.3 is 0 Å². The van der Waals surface area contributed by atoms with Gasteiger partial charge in [-0.2, -0.15) is 0 Å². The van der Waals surface area contributed by atoms with E-state index in [0.717, 1.165) is 30.5 Å². The van der Waals surface area contributed by atoms with Crippen LogP contribution in [0.2, 0.25) is 0 Å². The molecule has 0 saturated carbocycles. The molecule has 1 amide bonds. The maximum atomic E-state index is 11.6. The van der Waals surface area contributed by atoms with E-state index in [9.17, 15) is 23.4 Å². The Hall–Kier alpha value is -0.860.